The molecule has 0 radical (unpaired) electrons. The van der Waals surface area contributed by atoms with Crippen LogP contribution in [-0.2, 0) is 4.79 Å². The van der Waals surface area contributed by atoms with Gasteiger partial charge in [-0.15, -0.1) is 0 Å². The second-order valence-corrected chi connectivity index (χ2v) is 2.45. The number of hydrogen-bond donors (Lipinski definition) is 2. The van der Waals surface area contributed by atoms with Crippen molar-refractivity contribution < 1.29 is 14.7 Å². The van der Waals surface area contributed by atoms with Crippen LogP contribution in [-0.4, -0.2) is 22.3 Å². The summed E-state index contributed by atoms with van der Waals surface area (Å²) in [6, 6.07) is 1.65. The van der Waals surface area contributed by atoms with E-state index in [1.807, 2.05) is 0 Å². The van der Waals surface area contributed by atoms with Crippen molar-refractivity contribution in [2.75, 3.05) is 0 Å². The van der Waals surface area contributed by atoms with Crippen molar-refractivity contribution in [1.29, 1.82) is 0 Å². The maximum atomic E-state index is 10.4. The summed E-state index contributed by atoms with van der Waals surface area (Å²) in [5.74, 6) is -1.17. The summed E-state index contributed by atoms with van der Waals surface area (Å²) in [5.41, 5.74) is 5.82. The van der Waals surface area contributed by atoms with E-state index in [9.17, 15) is 9.59 Å². The van der Waals surface area contributed by atoms with Gasteiger partial charge in [0.15, 0.2) is 0 Å². The van der Waals surface area contributed by atoms with Crippen LogP contribution in [0.15, 0.2) is 18.3 Å². The van der Waals surface area contributed by atoms with Crippen LogP contribution in [0.25, 0.3) is 0 Å². The third-order valence-corrected chi connectivity index (χ3v) is 1.53. The summed E-state index contributed by atoms with van der Waals surface area (Å²) in [5, 5.41) is 8.55. The second kappa shape index (κ2) is 3.77. The molecule has 0 bridgehead atoms. The van der Waals surface area contributed by atoms with Gasteiger partial charge in [0, 0.05) is 11.8 Å². The molecule has 0 saturated heterocycles. The molecule has 5 heteroatoms. The lowest BCUT2D eigenvalue weighted by atomic mass is 10.1. The molecule has 1 rings (SSSR count). The summed E-state index contributed by atoms with van der Waals surface area (Å²) in [7, 11) is 0. The highest BCUT2D eigenvalue weighted by molar-refractivity contribution is 5.77. The van der Waals surface area contributed by atoms with Crippen LogP contribution in [0.1, 0.15) is 22.1 Å². The van der Waals surface area contributed by atoms with Gasteiger partial charge in [0.05, 0.1) is 5.69 Å². The van der Waals surface area contributed by atoms with Gasteiger partial charge >= 0.3 is 5.97 Å². The molecule has 0 unspecified atom stereocenters. The topological polar surface area (TPSA) is 93.3 Å². The third-order valence-electron chi connectivity index (χ3n) is 1.53. The first-order valence-electron chi connectivity index (χ1n) is 3.54. The van der Waals surface area contributed by atoms with Crippen molar-refractivity contribution in [3.05, 3.63) is 29.6 Å². The van der Waals surface area contributed by atoms with Crippen molar-refractivity contribution in [3.8, 4) is 0 Å². The Kier molecular flexibility index (Phi) is 2.71. The molecule has 5 nitrogen and oxygen atoms in total. The monoisotopic (exact) mass is 180 g/mol. The maximum absolute atomic E-state index is 10.4. The molecule has 1 heterocycles. The van der Waals surface area contributed by atoms with Gasteiger partial charge in [-0.2, -0.15) is 0 Å². The molecular weight excluding hydrogens is 172 g/mol. The van der Waals surface area contributed by atoms with Gasteiger partial charge in [-0.05, 0) is 12.1 Å². The molecule has 1 aromatic heterocycles. The summed E-state index contributed by atoms with van der Waals surface area (Å²) in [6.45, 7) is 0. The molecule has 0 fully saturated rings. The van der Waals surface area contributed by atoms with Crippen LogP contribution in [0, 0.1) is 0 Å². The number of aliphatic carboxylic acids is 1. The average molecular weight is 180 g/mol. The van der Waals surface area contributed by atoms with Crippen molar-refractivity contribution in [1.82, 2.24) is 4.98 Å². The zero-order valence-corrected chi connectivity index (χ0v) is 6.68. The maximum Gasteiger partial charge on any atom is 0.326 e. The number of carbonyl (C=O) groups excluding carboxylic acids is 1. The smallest absolute Gasteiger partial charge is 0.326 e. The Morgan fingerprint density at radius 2 is 2.38 bits per heavy atom. The van der Waals surface area contributed by atoms with Crippen LogP contribution in [0.3, 0.4) is 0 Å². The average Bonchev–Trinajstić information content (AvgIpc) is 2.16. The lowest BCUT2D eigenvalue weighted by molar-refractivity contribution is -0.138. The molecule has 1 atom stereocenters. The Balaban J connectivity index is 3.01. The van der Waals surface area contributed by atoms with Gasteiger partial charge in [-0.1, -0.05) is 0 Å². The first-order valence-corrected chi connectivity index (χ1v) is 3.54. The highest BCUT2D eigenvalue weighted by Gasteiger charge is 2.15. The molecule has 0 saturated carbocycles. The van der Waals surface area contributed by atoms with Crippen molar-refractivity contribution in [2.24, 2.45) is 5.73 Å². The van der Waals surface area contributed by atoms with E-state index in [0.29, 0.717) is 11.8 Å². The number of rotatable bonds is 3. The number of carboxylic acid groups (broad SMARTS) is 1. The number of carboxylic acids is 1. The fourth-order valence-corrected chi connectivity index (χ4v) is 0.835. The summed E-state index contributed by atoms with van der Waals surface area (Å²) >= 11 is 0. The Morgan fingerprint density at radius 3 is 2.92 bits per heavy atom. The fourth-order valence-electron chi connectivity index (χ4n) is 0.835. The normalized spacial score (nSPS) is 12.1. The van der Waals surface area contributed by atoms with Crippen molar-refractivity contribution in [2.45, 2.75) is 6.04 Å². The van der Waals surface area contributed by atoms with E-state index in [1.54, 1.807) is 0 Å². The number of aldehydes is 1. The highest BCUT2D eigenvalue weighted by Crippen LogP contribution is 2.07. The van der Waals surface area contributed by atoms with E-state index in [-0.39, 0.29) is 5.69 Å². The fraction of sp³-hybridized carbons (Fsp3) is 0.125. The van der Waals surface area contributed by atoms with Gasteiger partial charge in [-0.25, -0.2) is 0 Å². The van der Waals surface area contributed by atoms with Crippen LogP contribution in [0.5, 0.6) is 0 Å². The lowest BCUT2D eigenvalue weighted by Crippen LogP contribution is -2.21. The van der Waals surface area contributed by atoms with E-state index in [0.717, 1.165) is 0 Å². The number of nitrogens with zero attached hydrogens (tertiary/aromatic N) is 1. The minimum absolute atomic E-state index is 0.178. The molecule has 0 aliphatic carbocycles. The number of nitrogens with two attached hydrogens (primary N) is 1. The summed E-state index contributed by atoms with van der Waals surface area (Å²) in [4.78, 5) is 24.5. The molecule has 0 amide bonds. The zero-order chi connectivity index (χ0) is 9.84. The first-order chi connectivity index (χ1) is 6.15. The zero-order valence-electron chi connectivity index (χ0n) is 6.68. The molecule has 1 aromatic rings. The van der Waals surface area contributed by atoms with Crippen LogP contribution < -0.4 is 5.73 Å². The van der Waals surface area contributed by atoms with E-state index < -0.39 is 12.0 Å². The molecule has 0 aromatic carbocycles. The second-order valence-electron chi connectivity index (χ2n) is 2.45. The van der Waals surface area contributed by atoms with Gasteiger partial charge in [-0.3, -0.25) is 14.6 Å². The van der Waals surface area contributed by atoms with E-state index in [4.69, 9.17) is 10.8 Å². The highest BCUT2D eigenvalue weighted by atomic mass is 16.4. The molecule has 3 N–H and O–H groups in total. The molecular formula is C8H8N2O3. The minimum atomic E-state index is -1.18. The predicted octanol–water partition coefficient (Wildman–Crippen LogP) is -0.0215. The Labute approximate surface area is 74.2 Å². The largest absolute Gasteiger partial charge is 0.480 e. The number of hydrogen-bond acceptors (Lipinski definition) is 4. The van der Waals surface area contributed by atoms with E-state index in [1.165, 1.54) is 18.3 Å². The summed E-state index contributed by atoms with van der Waals surface area (Å²) in [6.07, 6.45) is 1.96. The minimum Gasteiger partial charge on any atom is -0.480 e. The number of pyridine rings is 1. The van der Waals surface area contributed by atoms with Crippen molar-refractivity contribution in [3.63, 3.8) is 0 Å². The molecule has 0 aliphatic heterocycles. The van der Waals surface area contributed by atoms with Crippen LogP contribution in [0.2, 0.25) is 0 Å². The lowest BCUT2D eigenvalue weighted by Gasteiger charge is -2.04. The predicted molar refractivity (Wildman–Crippen MR) is 44.2 cm³/mol. The molecule has 0 spiro atoms. The van der Waals surface area contributed by atoms with Crippen molar-refractivity contribution >= 4 is 12.3 Å². The molecule has 13 heavy (non-hydrogen) atoms. The quantitative estimate of drug-likeness (QED) is 0.637. The van der Waals surface area contributed by atoms with Gasteiger partial charge in [0.2, 0.25) is 0 Å². The Hall–Kier alpha value is -1.75. The van der Waals surface area contributed by atoms with Crippen LogP contribution >= 0.6 is 0 Å². The summed E-state index contributed by atoms with van der Waals surface area (Å²) < 4.78 is 0. The SMILES string of the molecule is N[C@@H](C(=O)O)c1cc(C=O)ccn1. The van der Waals surface area contributed by atoms with Gasteiger partial charge in [0.25, 0.3) is 0 Å². The molecule has 0 aliphatic rings. The van der Waals surface area contributed by atoms with Gasteiger partial charge < -0.3 is 10.8 Å². The Bertz CT molecular complexity index is 338. The molecule has 68 valence electrons. The first kappa shape index (κ1) is 9.34. The van der Waals surface area contributed by atoms with E-state index >= 15 is 0 Å². The Morgan fingerprint density at radius 1 is 1.69 bits per heavy atom. The van der Waals surface area contributed by atoms with E-state index in [2.05, 4.69) is 4.98 Å². The number of carbonyl (C=O) groups is 2. The number of aromatic nitrogens is 1. The van der Waals surface area contributed by atoms with Gasteiger partial charge in [0.1, 0.15) is 12.3 Å². The van der Waals surface area contributed by atoms with Crippen LogP contribution in [0.4, 0.5) is 0 Å². The third kappa shape index (κ3) is 2.09. The standard InChI is InChI=1S/C8H8N2O3/c9-7(8(12)13)6-3-5(4-11)1-2-10-6/h1-4,7H,9H2,(H,12,13)/t7-/m1/s1.